The first kappa shape index (κ1) is 17.7. The van der Waals surface area contributed by atoms with Crippen LogP contribution in [0.25, 0.3) is 10.2 Å². The summed E-state index contributed by atoms with van der Waals surface area (Å²) in [5.74, 6) is -0.0872. The van der Waals surface area contributed by atoms with Gasteiger partial charge in [0.25, 0.3) is 12.1 Å². The molecule has 0 aliphatic carbocycles. The number of aryl methyl sites for hydroxylation is 2. The molecule has 1 amide bonds. The van der Waals surface area contributed by atoms with Crippen molar-refractivity contribution in [2.24, 2.45) is 0 Å². The van der Waals surface area contributed by atoms with Crippen molar-refractivity contribution in [1.29, 1.82) is 0 Å². The lowest BCUT2D eigenvalue weighted by molar-refractivity contribution is -0.759. The number of nitrogens with two attached hydrogens (primary N) is 1. The summed E-state index contributed by atoms with van der Waals surface area (Å²) in [4.78, 5) is 20.1. The number of carbonyl (C=O) groups is 1. The number of rotatable bonds is 3. The molecule has 4 rings (SSSR count). The van der Waals surface area contributed by atoms with Crippen LogP contribution in [0.1, 0.15) is 26.5 Å². The fraction of sp³-hybridized carbons (Fsp3) is 0.412. The van der Waals surface area contributed by atoms with Gasteiger partial charge in [-0.3, -0.25) is 14.6 Å². The molecule has 1 aliphatic rings. The van der Waals surface area contributed by atoms with Crippen LogP contribution in [0.5, 0.6) is 0 Å². The van der Waals surface area contributed by atoms with Crippen molar-refractivity contribution in [3.05, 3.63) is 27.9 Å². The molecule has 10 heteroatoms. The first-order chi connectivity index (χ1) is 13.0. The quantitative estimate of drug-likeness (QED) is 0.650. The highest BCUT2D eigenvalue weighted by molar-refractivity contribution is 7.21. The summed E-state index contributed by atoms with van der Waals surface area (Å²) in [6.07, 6.45) is 1.63. The number of hydrogen-bond acceptors (Lipinski definition) is 8. The van der Waals surface area contributed by atoms with Crippen LogP contribution in [0.15, 0.2) is 10.7 Å². The van der Waals surface area contributed by atoms with Crippen molar-refractivity contribution in [2.45, 2.75) is 20.8 Å². The molecule has 0 bridgehead atoms. The molecule has 3 N–H and O–H groups in total. The molecule has 0 radical (unpaired) electrons. The number of anilines is 2. The van der Waals surface area contributed by atoms with Crippen LogP contribution in [0.2, 0.25) is 0 Å². The number of hydrogen-bond donors (Lipinski definition) is 2. The average molecular weight is 389 g/mol. The topological polar surface area (TPSA) is 110 Å². The predicted octanol–water partition coefficient (Wildman–Crippen LogP) is 1.30. The number of amides is 1. The molecule has 1 fully saturated rings. The first-order valence-electron chi connectivity index (χ1n) is 8.64. The predicted molar refractivity (Wildman–Crippen MR) is 102 cm³/mol. The fourth-order valence-corrected chi connectivity index (χ4v) is 4.19. The van der Waals surface area contributed by atoms with Gasteiger partial charge >= 0.3 is 5.88 Å². The van der Waals surface area contributed by atoms with E-state index in [4.69, 9.17) is 15.0 Å². The van der Waals surface area contributed by atoms with Crippen LogP contribution in [0.4, 0.5) is 11.6 Å². The maximum absolute atomic E-state index is 12.7. The minimum atomic E-state index is -0.338. The Balaban J connectivity index is 1.59. The number of nitrogens with zero attached hydrogens (tertiary/aromatic N) is 4. The molecule has 27 heavy (non-hydrogen) atoms. The molecular weight excluding hydrogens is 368 g/mol. The first-order valence-corrected chi connectivity index (χ1v) is 9.46. The molecule has 9 nitrogen and oxygen atoms in total. The smallest absolute Gasteiger partial charge is 0.306 e. The lowest BCUT2D eigenvalue weighted by atomic mass is 10.1. The maximum Gasteiger partial charge on any atom is 0.306 e. The van der Waals surface area contributed by atoms with Crippen molar-refractivity contribution < 1.29 is 18.8 Å². The van der Waals surface area contributed by atoms with Crippen LogP contribution >= 0.6 is 11.3 Å². The minimum Gasteiger partial charge on any atom is -0.397 e. The number of aromatic nitrogens is 3. The molecule has 3 aromatic rings. The van der Waals surface area contributed by atoms with Crippen LogP contribution in [-0.4, -0.2) is 42.5 Å². The number of morpholine rings is 1. The van der Waals surface area contributed by atoms with Gasteiger partial charge in [-0.25, -0.2) is 4.98 Å². The number of pyridine rings is 1. The Bertz CT molecular complexity index is 1020. The average Bonchev–Trinajstić information content (AvgIpc) is 3.25. The molecule has 0 saturated carbocycles. The molecular formula is C17H21N6O3S+. The van der Waals surface area contributed by atoms with Gasteiger partial charge in [0, 0.05) is 11.1 Å². The normalized spacial score (nSPS) is 14.7. The van der Waals surface area contributed by atoms with Gasteiger partial charge in [-0.1, -0.05) is 0 Å². The Morgan fingerprint density at radius 2 is 2.04 bits per heavy atom. The largest absolute Gasteiger partial charge is 0.397 e. The van der Waals surface area contributed by atoms with Gasteiger partial charge in [0.15, 0.2) is 0 Å². The lowest BCUT2D eigenvalue weighted by Gasteiger charge is -2.18. The van der Waals surface area contributed by atoms with Crippen LogP contribution in [0.3, 0.4) is 0 Å². The van der Waals surface area contributed by atoms with E-state index in [1.165, 1.54) is 11.3 Å². The summed E-state index contributed by atoms with van der Waals surface area (Å²) >= 11 is 1.28. The number of carbonyl (C=O) groups excluding carboxylic acids is 1. The monoisotopic (exact) mass is 389 g/mol. The molecule has 0 spiro atoms. The fourth-order valence-electron chi connectivity index (χ4n) is 3.09. The second-order valence-corrected chi connectivity index (χ2v) is 7.48. The third-order valence-electron chi connectivity index (χ3n) is 4.85. The molecule has 0 atom stereocenters. The van der Waals surface area contributed by atoms with Crippen molar-refractivity contribution in [3.63, 3.8) is 0 Å². The highest BCUT2D eigenvalue weighted by Crippen LogP contribution is 2.36. The molecule has 3 aromatic heterocycles. The van der Waals surface area contributed by atoms with E-state index >= 15 is 0 Å². The van der Waals surface area contributed by atoms with Crippen LogP contribution in [-0.2, 0) is 4.74 Å². The number of thiophene rings is 1. The number of nitrogens with one attached hydrogen (secondary N) is 1. The zero-order valence-electron chi connectivity index (χ0n) is 15.4. The van der Waals surface area contributed by atoms with Gasteiger partial charge in [0.05, 0.1) is 36.8 Å². The van der Waals surface area contributed by atoms with E-state index < -0.39 is 0 Å². The van der Waals surface area contributed by atoms with Crippen molar-refractivity contribution in [3.8, 4) is 0 Å². The Morgan fingerprint density at radius 1 is 1.30 bits per heavy atom. The Kier molecular flexibility index (Phi) is 4.44. The summed E-state index contributed by atoms with van der Waals surface area (Å²) < 4.78 is 10.5. The van der Waals surface area contributed by atoms with Gasteiger partial charge in [-0.05, 0) is 31.9 Å². The zero-order chi connectivity index (χ0) is 19.1. The highest BCUT2D eigenvalue weighted by Gasteiger charge is 2.26. The second-order valence-electron chi connectivity index (χ2n) is 6.48. The molecule has 0 aromatic carbocycles. The minimum absolute atomic E-state index is 0.250. The molecule has 0 unspecified atom stereocenters. The third-order valence-corrected chi connectivity index (χ3v) is 5.95. The SMILES string of the molecule is Cc1nc2sc(C(=O)Nc3c[n+](N4CCOCC4)no3)c(N)c2c(C)c1C. The van der Waals surface area contributed by atoms with Gasteiger partial charge in [0.1, 0.15) is 9.71 Å². The lowest BCUT2D eigenvalue weighted by Crippen LogP contribution is -2.62. The maximum atomic E-state index is 12.7. The van der Waals surface area contributed by atoms with Gasteiger partial charge in [-0.15, -0.1) is 16.3 Å². The van der Waals surface area contributed by atoms with E-state index in [1.807, 2.05) is 25.8 Å². The molecule has 4 heterocycles. The van der Waals surface area contributed by atoms with E-state index in [1.54, 1.807) is 11.0 Å². The third kappa shape index (κ3) is 3.10. The second kappa shape index (κ2) is 6.78. The van der Waals surface area contributed by atoms with Crippen molar-refractivity contribution >= 4 is 39.0 Å². The van der Waals surface area contributed by atoms with Crippen LogP contribution in [0, 0.1) is 20.8 Å². The molecule has 142 valence electrons. The number of fused-ring (bicyclic) bond motifs is 1. The van der Waals surface area contributed by atoms with E-state index in [2.05, 4.69) is 15.6 Å². The standard InChI is InChI=1S/C17H20N6O3S/c1-9-10(2)13-14(18)15(27-17(13)19-11(9)3)16(24)20-12-8-23(21-26-12)22-4-6-25-7-5-22/h8H,4-7H2,1-3H3,(H2-,18,20,21,24)/p+1. The van der Waals surface area contributed by atoms with E-state index in [0.717, 1.165) is 27.0 Å². The van der Waals surface area contributed by atoms with Gasteiger partial charge in [-0.2, -0.15) is 0 Å². The number of ether oxygens (including phenoxy) is 1. The summed E-state index contributed by atoms with van der Waals surface area (Å²) in [7, 11) is 0. The van der Waals surface area contributed by atoms with Crippen LogP contribution < -0.4 is 20.9 Å². The van der Waals surface area contributed by atoms with Crippen molar-refractivity contribution in [2.75, 3.05) is 42.4 Å². The van der Waals surface area contributed by atoms with Crippen molar-refractivity contribution in [1.82, 2.24) is 10.3 Å². The Morgan fingerprint density at radius 3 is 2.78 bits per heavy atom. The number of nitrogen functional groups attached to an aromatic ring is 1. The zero-order valence-corrected chi connectivity index (χ0v) is 16.2. The molecule has 1 saturated heterocycles. The Labute approximate surface area is 159 Å². The van der Waals surface area contributed by atoms with Gasteiger partial charge < -0.3 is 10.5 Å². The molecule has 1 aliphatic heterocycles. The van der Waals surface area contributed by atoms with E-state index in [0.29, 0.717) is 36.9 Å². The Hall–Kier alpha value is -2.72. The van der Waals surface area contributed by atoms with E-state index in [-0.39, 0.29) is 11.8 Å². The van der Waals surface area contributed by atoms with E-state index in [9.17, 15) is 4.79 Å². The summed E-state index contributed by atoms with van der Waals surface area (Å²) in [6.45, 7) is 8.63. The van der Waals surface area contributed by atoms with Gasteiger partial charge in [0.2, 0.25) is 5.27 Å². The summed E-state index contributed by atoms with van der Waals surface area (Å²) in [5.41, 5.74) is 9.79. The summed E-state index contributed by atoms with van der Waals surface area (Å²) in [6, 6.07) is 0. The summed E-state index contributed by atoms with van der Waals surface area (Å²) in [5, 5.41) is 9.48. The highest BCUT2D eigenvalue weighted by atomic mass is 32.1.